The standard InChI is InChI=1S/C29H32N6O9/c1-17(2)25(31)27(38)43-21-12-29(14-30,44-22(21)13-40-24(37)11-19-7-5-4-6-8-19)23-10-9-20-26(32-15-33-35(20)23)34-28(39)42-16-41-18(3)36/h4-10,15,17,21-22,25H,11-13,16,31H2,1-3H3,(H,32,33,34,39)/t21-,22+,25-,29-/m0/s1. The molecule has 2 aromatic heterocycles. The van der Waals surface area contributed by atoms with Crippen molar-refractivity contribution < 1.29 is 42.9 Å². The molecule has 0 aliphatic carbocycles. The number of nitrogens with one attached hydrogen (secondary N) is 1. The number of hydrogen-bond donors (Lipinski definition) is 2. The van der Waals surface area contributed by atoms with Gasteiger partial charge in [-0.05, 0) is 23.6 Å². The molecular weight excluding hydrogens is 576 g/mol. The number of nitrogens with zero attached hydrogens (tertiary/aromatic N) is 4. The number of carbonyl (C=O) groups excluding carboxylic acids is 4. The molecule has 232 valence electrons. The second kappa shape index (κ2) is 13.9. The molecule has 4 atom stereocenters. The Balaban J connectivity index is 1.57. The number of fused-ring (bicyclic) bond motifs is 1. The van der Waals surface area contributed by atoms with E-state index in [9.17, 15) is 24.4 Å². The Kier molecular flexibility index (Phi) is 10.1. The summed E-state index contributed by atoms with van der Waals surface area (Å²) in [6.45, 7) is 3.80. The van der Waals surface area contributed by atoms with E-state index in [1.54, 1.807) is 50.2 Å². The lowest BCUT2D eigenvalue weighted by Crippen LogP contribution is -2.41. The normalized spacial score (nSPS) is 20.0. The fraction of sp³-hybridized carbons (Fsp3) is 0.414. The van der Waals surface area contributed by atoms with Crippen LogP contribution in [0.5, 0.6) is 0 Å². The van der Waals surface area contributed by atoms with E-state index < -0.39 is 54.6 Å². The molecule has 0 saturated carbocycles. The predicted molar refractivity (Wildman–Crippen MR) is 150 cm³/mol. The third kappa shape index (κ3) is 7.46. The van der Waals surface area contributed by atoms with Crippen LogP contribution in [0.4, 0.5) is 10.6 Å². The largest absolute Gasteiger partial charge is 0.463 e. The van der Waals surface area contributed by atoms with Crippen molar-refractivity contribution in [3.8, 4) is 6.07 Å². The topological polar surface area (TPSA) is 206 Å². The molecule has 3 aromatic rings. The third-order valence-corrected chi connectivity index (χ3v) is 6.83. The van der Waals surface area contributed by atoms with Crippen LogP contribution in [-0.2, 0) is 50.1 Å². The molecule has 1 amide bonds. The van der Waals surface area contributed by atoms with Gasteiger partial charge in [0, 0.05) is 13.3 Å². The first-order chi connectivity index (χ1) is 21.0. The lowest BCUT2D eigenvalue weighted by molar-refractivity contribution is -0.160. The molecule has 0 bridgehead atoms. The van der Waals surface area contributed by atoms with E-state index in [0.717, 1.165) is 18.8 Å². The summed E-state index contributed by atoms with van der Waals surface area (Å²) >= 11 is 0. The Morgan fingerprint density at radius 1 is 1.16 bits per heavy atom. The summed E-state index contributed by atoms with van der Waals surface area (Å²) in [5.74, 6) is -2.04. The van der Waals surface area contributed by atoms with Gasteiger partial charge in [0.1, 0.15) is 42.8 Å². The Morgan fingerprint density at radius 2 is 1.91 bits per heavy atom. The Hall–Kier alpha value is -5.07. The minimum absolute atomic E-state index is 0.0129. The van der Waals surface area contributed by atoms with E-state index in [2.05, 4.69) is 26.2 Å². The van der Waals surface area contributed by atoms with E-state index in [0.29, 0.717) is 0 Å². The van der Waals surface area contributed by atoms with Gasteiger partial charge in [-0.1, -0.05) is 44.2 Å². The summed E-state index contributed by atoms with van der Waals surface area (Å²) < 4.78 is 28.1. The van der Waals surface area contributed by atoms with Crippen molar-refractivity contribution in [2.24, 2.45) is 11.7 Å². The Bertz CT molecular complexity index is 1550. The van der Waals surface area contributed by atoms with Crippen molar-refractivity contribution in [1.82, 2.24) is 14.6 Å². The number of amides is 1. The second-order valence-corrected chi connectivity index (χ2v) is 10.3. The molecule has 1 saturated heterocycles. The third-order valence-electron chi connectivity index (χ3n) is 6.83. The van der Waals surface area contributed by atoms with Gasteiger partial charge in [-0.25, -0.2) is 14.3 Å². The van der Waals surface area contributed by atoms with Crippen LogP contribution in [0.3, 0.4) is 0 Å². The van der Waals surface area contributed by atoms with E-state index in [1.807, 2.05) is 6.07 Å². The zero-order chi connectivity index (χ0) is 31.9. The molecule has 1 fully saturated rings. The molecule has 0 unspecified atom stereocenters. The van der Waals surface area contributed by atoms with Gasteiger partial charge in [0.25, 0.3) is 0 Å². The fourth-order valence-electron chi connectivity index (χ4n) is 4.47. The van der Waals surface area contributed by atoms with Crippen molar-refractivity contribution >= 4 is 35.3 Å². The van der Waals surface area contributed by atoms with E-state index >= 15 is 0 Å². The smallest absolute Gasteiger partial charge is 0.415 e. The Labute approximate surface area is 252 Å². The predicted octanol–water partition coefficient (Wildman–Crippen LogP) is 1.99. The number of esters is 3. The quantitative estimate of drug-likeness (QED) is 0.182. The van der Waals surface area contributed by atoms with E-state index in [-0.39, 0.29) is 42.4 Å². The minimum Gasteiger partial charge on any atom is -0.463 e. The van der Waals surface area contributed by atoms with Gasteiger partial charge >= 0.3 is 24.0 Å². The maximum Gasteiger partial charge on any atom is 0.415 e. The molecule has 3 heterocycles. The van der Waals surface area contributed by atoms with Crippen molar-refractivity contribution in [3.05, 3.63) is 60.0 Å². The molecule has 0 radical (unpaired) electrons. The van der Waals surface area contributed by atoms with Crippen molar-refractivity contribution in [1.29, 1.82) is 5.26 Å². The van der Waals surface area contributed by atoms with Crippen LogP contribution in [0.1, 0.15) is 38.4 Å². The summed E-state index contributed by atoms with van der Waals surface area (Å²) in [7, 11) is 0. The summed E-state index contributed by atoms with van der Waals surface area (Å²) in [5.41, 5.74) is 5.56. The SMILES string of the molecule is CC(=O)OCOC(=O)Nc1ncnn2c([C@@]3(C#N)C[C@H](OC(=O)[C@@H](N)C(C)C)[C@@H](COC(=O)Cc4ccccc4)O3)ccc12. The highest BCUT2D eigenvalue weighted by atomic mass is 16.7. The molecule has 4 rings (SSSR count). The van der Waals surface area contributed by atoms with Gasteiger partial charge in [-0.3, -0.25) is 19.7 Å². The van der Waals surface area contributed by atoms with Crippen LogP contribution in [0.15, 0.2) is 48.8 Å². The summed E-state index contributed by atoms with van der Waals surface area (Å²) in [6.07, 6.45) is -1.95. The van der Waals surface area contributed by atoms with Crippen molar-refractivity contribution in [3.63, 3.8) is 0 Å². The fourth-order valence-corrected chi connectivity index (χ4v) is 4.47. The molecule has 1 aliphatic rings. The second-order valence-electron chi connectivity index (χ2n) is 10.3. The van der Waals surface area contributed by atoms with Crippen LogP contribution in [0.25, 0.3) is 5.52 Å². The highest BCUT2D eigenvalue weighted by molar-refractivity contribution is 5.88. The summed E-state index contributed by atoms with van der Waals surface area (Å²) in [4.78, 5) is 52.6. The Morgan fingerprint density at radius 3 is 2.59 bits per heavy atom. The monoisotopic (exact) mass is 608 g/mol. The van der Waals surface area contributed by atoms with Gasteiger partial charge in [0.2, 0.25) is 12.4 Å². The maximum absolute atomic E-state index is 12.8. The number of nitrogens with two attached hydrogens (primary N) is 1. The number of aromatic nitrogens is 3. The molecule has 15 heteroatoms. The summed E-state index contributed by atoms with van der Waals surface area (Å²) in [5, 5.41) is 17.0. The van der Waals surface area contributed by atoms with Crippen molar-refractivity contribution in [2.75, 3.05) is 18.7 Å². The molecule has 1 aromatic carbocycles. The van der Waals surface area contributed by atoms with Crippen LogP contribution < -0.4 is 11.1 Å². The number of hydrogen-bond acceptors (Lipinski definition) is 13. The van der Waals surface area contributed by atoms with Gasteiger partial charge in [-0.2, -0.15) is 10.4 Å². The first kappa shape index (κ1) is 31.9. The first-order valence-electron chi connectivity index (χ1n) is 13.7. The van der Waals surface area contributed by atoms with E-state index in [4.69, 9.17) is 24.7 Å². The number of ether oxygens (including phenoxy) is 5. The van der Waals surface area contributed by atoms with Crippen LogP contribution >= 0.6 is 0 Å². The lowest BCUT2D eigenvalue weighted by atomic mass is 9.96. The molecule has 44 heavy (non-hydrogen) atoms. The number of benzene rings is 1. The molecule has 15 nitrogen and oxygen atoms in total. The number of anilines is 1. The van der Waals surface area contributed by atoms with E-state index in [1.165, 1.54) is 4.52 Å². The molecule has 1 aliphatic heterocycles. The van der Waals surface area contributed by atoms with Crippen LogP contribution in [0, 0.1) is 17.2 Å². The number of rotatable bonds is 11. The van der Waals surface area contributed by atoms with Crippen LogP contribution in [0.2, 0.25) is 0 Å². The van der Waals surface area contributed by atoms with Gasteiger partial charge in [0.15, 0.2) is 5.82 Å². The lowest BCUT2D eigenvalue weighted by Gasteiger charge is -2.22. The molecular formula is C29H32N6O9. The van der Waals surface area contributed by atoms with Gasteiger partial charge in [0.05, 0.1) is 12.1 Å². The molecule has 3 N–H and O–H groups in total. The zero-order valence-electron chi connectivity index (χ0n) is 24.3. The average Bonchev–Trinajstić information content (AvgIpc) is 3.59. The average molecular weight is 609 g/mol. The minimum atomic E-state index is -1.71. The first-order valence-corrected chi connectivity index (χ1v) is 13.7. The number of carbonyl (C=O) groups is 4. The highest BCUT2D eigenvalue weighted by Gasteiger charge is 2.52. The van der Waals surface area contributed by atoms with Crippen molar-refractivity contribution in [2.45, 2.75) is 57.5 Å². The number of nitriles is 1. The zero-order valence-corrected chi connectivity index (χ0v) is 24.3. The maximum atomic E-state index is 12.8. The summed E-state index contributed by atoms with van der Waals surface area (Å²) in [6, 6.07) is 13.3. The van der Waals surface area contributed by atoms with Gasteiger partial charge < -0.3 is 29.4 Å². The molecule has 0 spiro atoms. The van der Waals surface area contributed by atoms with Gasteiger partial charge in [-0.15, -0.1) is 0 Å². The highest BCUT2D eigenvalue weighted by Crippen LogP contribution is 2.41. The van der Waals surface area contributed by atoms with Crippen LogP contribution in [-0.4, -0.2) is 70.2 Å².